The number of hydrogen-bond acceptors (Lipinski definition) is 2. The third kappa shape index (κ3) is 4.84. The first-order chi connectivity index (χ1) is 11.7. The van der Waals surface area contributed by atoms with Crippen molar-refractivity contribution in [3.63, 3.8) is 0 Å². The second-order valence-electron chi connectivity index (χ2n) is 5.66. The second-order valence-corrected chi connectivity index (χ2v) is 6.45. The van der Waals surface area contributed by atoms with E-state index in [1.54, 1.807) is 0 Å². The smallest absolute Gasteiger partial charge is 0.349 e. The summed E-state index contributed by atoms with van der Waals surface area (Å²) in [6.07, 6.45) is -3.76. The Bertz CT molecular complexity index is 729. The zero-order chi connectivity index (χ0) is 18.6. The first kappa shape index (κ1) is 19.5. The van der Waals surface area contributed by atoms with Gasteiger partial charge in [-0.2, -0.15) is 18.3 Å². The van der Waals surface area contributed by atoms with Crippen molar-refractivity contribution >= 4 is 21.8 Å². The molecule has 1 heterocycles. The Morgan fingerprint density at radius 1 is 1.32 bits per heavy atom. The van der Waals surface area contributed by atoms with Gasteiger partial charge < -0.3 is 5.32 Å². The minimum atomic E-state index is -4.53. The predicted octanol–water partition coefficient (Wildman–Crippen LogP) is 4.63. The molecule has 0 fully saturated rings. The van der Waals surface area contributed by atoms with E-state index in [1.807, 2.05) is 37.3 Å². The molecular formula is C17H19BrF3N3O. The fraction of sp³-hybridized carbons (Fsp3) is 0.412. The monoisotopic (exact) mass is 417 g/mol. The maximum absolute atomic E-state index is 12.9. The minimum absolute atomic E-state index is 0.0512. The molecule has 0 aliphatic carbocycles. The van der Waals surface area contributed by atoms with Crippen molar-refractivity contribution in [2.45, 2.75) is 45.5 Å². The van der Waals surface area contributed by atoms with Crippen molar-refractivity contribution in [2.24, 2.45) is 0 Å². The lowest BCUT2D eigenvalue weighted by molar-refractivity contribution is -0.142. The summed E-state index contributed by atoms with van der Waals surface area (Å²) in [5.74, 6) is -0.227. The number of amides is 1. The third-order valence-corrected chi connectivity index (χ3v) is 4.85. The molecule has 0 bridgehead atoms. The Hall–Kier alpha value is -1.83. The number of aromatic nitrogens is 2. The van der Waals surface area contributed by atoms with E-state index in [9.17, 15) is 18.0 Å². The van der Waals surface area contributed by atoms with E-state index in [1.165, 1.54) is 11.6 Å². The molecule has 1 unspecified atom stereocenters. The van der Waals surface area contributed by atoms with Crippen LogP contribution in [0.1, 0.15) is 42.8 Å². The molecule has 1 amide bonds. The van der Waals surface area contributed by atoms with Gasteiger partial charge in [-0.25, -0.2) is 0 Å². The summed E-state index contributed by atoms with van der Waals surface area (Å²) < 4.78 is 39.7. The Labute approximate surface area is 152 Å². The Morgan fingerprint density at radius 3 is 2.48 bits per heavy atom. The average molecular weight is 418 g/mol. The van der Waals surface area contributed by atoms with E-state index in [4.69, 9.17) is 0 Å². The summed E-state index contributed by atoms with van der Waals surface area (Å²) in [4.78, 5) is 12.2. The van der Waals surface area contributed by atoms with Gasteiger partial charge in [0.05, 0.1) is 22.8 Å². The highest BCUT2D eigenvalue weighted by atomic mass is 79.9. The summed E-state index contributed by atoms with van der Waals surface area (Å²) >= 11 is 2.92. The van der Waals surface area contributed by atoms with Gasteiger partial charge in [0.1, 0.15) is 0 Å². The lowest BCUT2D eigenvalue weighted by atomic mass is 10.0. The number of benzene rings is 1. The molecule has 1 aromatic carbocycles. The largest absolute Gasteiger partial charge is 0.436 e. The lowest BCUT2D eigenvalue weighted by Gasteiger charge is -2.17. The Kier molecular flexibility index (Phi) is 6.26. The fourth-order valence-corrected chi connectivity index (χ4v) is 3.01. The maximum Gasteiger partial charge on any atom is 0.436 e. The van der Waals surface area contributed by atoms with Gasteiger partial charge in [0, 0.05) is 6.42 Å². The fourth-order valence-electron chi connectivity index (χ4n) is 2.50. The number of carbonyl (C=O) groups is 1. The quantitative estimate of drug-likeness (QED) is 0.744. The lowest BCUT2D eigenvalue weighted by Crippen LogP contribution is -2.29. The molecule has 0 spiro atoms. The molecule has 1 atom stereocenters. The molecule has 0 radical (unpaired) electrons. The van der Waals surface area contributed by atoms with Crippen molar-refractivity contribution in [1.29, 1.82) is 0 Å². The first-order valence-corrected chi connectivity index (χ1v) is 8.67. The van der Waals surface area contributed by atoms with Crippen LogP contribution in [-0.2, 0) is 17.5 Å². The molecule has 4 nitrogen and oxygen atoms in total. The molecule has 0 saturated carbocycles. The highest BCUT2D eigenvalue weighted by Gasteiger charge is 2.37. The highest BCUT2D eigenvalue weighted by Crippen LogP contribution is 2.35. The summed E-state index contributed by atoms with van der Waals surface area (Å²) in [7, 11) is 0. The van der Waals surface area contributed by atoms with Crippen molar-refractivity contribution in [3.05, 3.63) is 51.8 Å². The van der Waals surface area contributed by atoms with Gasteiger partial charge in [-0.05, 0) is 34.8 Å². The molecule has 136 valence electrons. The summed E-state index contributed by atoms with van der Waals surface area (Å²) in [6, 6.07) is 9.43. The van der Waals surface area contributed by atoms with E-state index in [-0.39, 0.29) is 29.4 Å². The number of nitrogens with zero attached hydrogens (tertiary/aromatic N) is 2. The summed E-state index contributed by atoms with van der Waals surface area (Å²) in [5, 5.41) is 6.49. The van der Waals surface area contributed by atoms with Gasteiger partial charge in [0.15, 0.2) is 5.69 Å². The van der Waals surface area contributed by atoms with Gasteiger partial charge in [0.2, 0.25) is 5.91 Å². The second kappa shape index (κ2) is 8.03. The van der Waals surface area contributed by atoms with E-state index in [2.05, 4.69) is 26.3 Å². The Balaban J connectivity index is 2.01. The number of aryl methyl sites for hydroxylation is 1. The molecule has 8 heteroatoms. The minimum Gasteiger partial charge on any atom is -0.349 e. The van der Waals surface area contributed by atoms with Crippen molar-refractivity contribution in [3.8, 4) is 0 Å². The topological polar surface area (TPSA) is 46.9 Å². The number of rotatable bonds is 6. The van der Waals surface area contributed by atoms with Crippen LogP contribution in [0.25, 0.3) is 0 Å². The van der Waals surface area contributed by atoms with Crippen LogP contribution in [0, 0.1) is 6.92 Å². The molecule has 1 aromatic heterocycles. The van der Waals surface area contributed by atoms with E-state index < -0.39 is 11.9 Å². The highest BCUT2D eigenvalue weighted by molar-refractivity contribution is 9.10. The zero-order valence-electron chi connectivity index (χ0n) is 13.9. The number of nitrogens with one attached hydrogen (secondary N) is 1. The summed E-state index contributed by atoms with van der Waals surface area (Å²) in [6.45, 7) is 3.57. The van der Waals surface area contributed by atoms with E-state index in [0.717, 1.165) is 12.0 Å². The van der Waals surface area contributed by atoms with E-state index in [0.29, 0.717) is 5.69 Å². The normalized spacial score (nSPS) is 12.9. The average Bonchev–Trinajstić information content (AvgIpc) is 2.87. The van der Waals surface area contributed by atoms with Gasteiger partial charge in [-0.15, -0.1) is 0 Å². The standard InChI is InChI=1S/C17H19BrF3N3O/c1-3-13(12-7-5-4-6-8-12)22-14(25)9-10-24-11(2)15(18)16(23-24)17(19,20)21/h4-8,13H,3,9-10H2,1-2H3,(H,22,25). The number of halogens is 4. The van der Waals surface area contributed by atoms with Crippen LogP contribution in [0.4, 0.5) is 13.2 Å². The van der Waals surface area contributed by atoms with Gasteiger partial charge >= 0.3 is 6.18 Å². The van der Waals surface area contributed by atoms with Crippen molar-refractivity contribution in [1.82, 2.24) is 15.1 Å². The van der Waals surface area contributed by atoms with Crippen LogP contribution >= 0.6 is 15.9 Å². The SMILES string of the molecule is CCC(NC(=O)CCn1nc(C(F)(F)F)c(Br)c1C)c1ccccc1. The Morgan fingerprint density at radius 2 is 1.96 bits per heavy atom. The number of hydrogen-bond donors (Lipinski definition) is 1. The van der Waals surface area contributed by atoms with Crippen LogP contribution in [-0.4, -0.2) is 15.7 Å². The first-order valence-electron chi connectivity index (χ1n) is 7.88. The van der Waals surface area contributed by atoms with E-state index >= 15 is 0 Å². The molecule has 0 aliphatic heterocycles. The molecule has 2 rings (SSSR count). The molecule has 1 N–H and O–H groups in total. The van der Waals surface area contributed by atoms with Crippen LogP contribution in [0.5, 0.6) is 0 Å². The summed E-state index contributed by atoms with van der Waals surface area (Å²) in [5.41, 5.74) is 0.368. The van der Waals surface area contributed by atoms with Gasteiger partial charge in [-0.3, -0.25) is 9.48 Å². The van der Waals surface area contributed by atoms with Gasteiger partial charge in [0.25, 0.3) is 0 Å². The number of alkyl halides is 3. The molecule has 25 heavy (non-hydrogen) atoms. The number of carbonyl (C=O) groups excluding carboxylic acids is 1. The predicted molar refractivity (Wildman–Crippen MR) is 91.9 cm³/mol. The van der Waals surface area contributed by atoms with Crippen LogP contribution in [0.3, 0.4) is 0 Å². The van der Waals surface area contributed by atoms with Crippen LogP contribution < -0.4 is 5.32 Å². The molecule has 0 saturated heterocycles. The van der Waals surface area contributed by atoms with Gasteiger partial charge in [-0.1, -0.05) is 37.3 Å². The van der Waals surface area contributed by atoms with Crippen LogP contribution in [0.15, 0.2) is 34.8 Å². The maximum atomic E-state index is 12.9. The third-order valence-electron chi connectivity index (χ3n) is 3.90. The van der Waals surface area contributed by atoms with Crippen molar-refractivity contribution < 1.29 is 18.0 Å². The van der Waals surface area contributed by atoms with Crippen LogP contribution in [0.2, 0.25) is 0 Å². The molecule has 2 aromatic rings. The van der Waals surface area contributed by atoms with Crippen molar-refractivity contribution in [2.75, 3.05) is 0 Å². The molecular weight excluding hydrogens is 399 g/mol. The molecule has 0 aliphatic rings. The zero-order valence-corrected chi connectivity index (χ0v) is 15.5.